The van der Waals surface area contributed by atoms with Gasteiger partial charge in [-0.1, -0.05) is 197 Å². The summed E-state index contributed by atoms with van der Waals surface area (Å²) in [4.78, 5) is 22.1. The van der Waals surface area contributed by atoms with Crippen LogP contribution in [0.3, 0.4) is 0 Å². The fourth-order valence-electron chi connectivity index (χ4n) is 12.4. The predicted molar refractivity (Wildman–Crippen MR) is 317 cm³/mol. The van der Waals surface area contributed by atoms with Crippen molar-refractivity contribution in [3.63, 3.8) is 0 Å². The summed E-state index contributed by atoms with van der Waals surface area (Å²) in [5.41, 5.74) is 25.2. The van der Waals surface area contributed by atoms with Crippen molar-refractivity contribution in [2.24, 2.45) is 39.8 Å². The minimum atomic E-state index is -1.31. The Bertz CT molecular complexity index is 3080. The average Bonchev–Trinajstić information content (AvgIpc) is 0.965. The second kappa shape index (κ2) is 29.9. The molecule has 0 aromatic heterocycles. The van der Waals surface area contributed by atoms with Crippen LogP contribution in [-0.2, 0) is 86.1 Å². The van der Waals surface area contributed by atoms with Crippen LogP contribution in [0, 0.1) is 29.6 Å². The van der Waals surface area contributed by atoms with Gasteiger partial charge in [-0.25, -0.2) is 4.79 Å². The first-order chi connectivity index (χ1) is 42.9. The van der Waals surface area contributed by atoms with Crippen molar-refractivity contribution in [3.05, 3.63) is 200 Å². The number of hydrogen-bond donors (Lipinski definition) is 0. The molecule has 0 spiro atoms. The molecule has 1 amide bonds. The molecule has 0 bridgehead atoms. The number of rotatable bonds is 21. The third-order valence-electron chi connectivity index (χ3n) is 18.0. The molecule has 6 fully saturated rings. The van der Waals surface area contributed by atoms with Crippen LogP contribution < -0.4 is 0 Å². The van der Waals surface area contributed by atoms with Crippen LogP contribution in [0.2, 0.25) is 0 Å². The molecule has 6 aliphatic heterocycles. The molecule has 0 N–H and O–H groups in total. The van der Waals surface area contributed by atoms with Crippen molar-refractivity contribution in [2.45, 2.75) is 166 Å². The molecule has 88 heavy (non-hydrogen) atoms. The van der Waals surface area contributed by atoms with E-state index in [2.05, 4.69) is 33.9 Å². The number of hydrogen-bond acceptors (Lipinski definition) is 17. The summed E-state index contributed by atoms with van der Waals surface area (Å²) in [7, 11) is 0. The Morgan fingerprint density at radius 1 is 0.511 bits per heavy atom. The fourth-order valence-corrected chi connectivity index (χ4v) is 12.4. The van der Waals surface area contributed by atoms with Gasteiger partial charge in [-0.3, -0.25) is 4.90 Å². The zero-order valence-corrected chi connectivity index (χ0v) is 50.3. The molecule has 5 aromatic carbocycles. The molecule has 16 unspecified atom stereocenters. The van der Waals surface area contributed by atoms with Gasteiger partial charge in [-0.2, -0.15) is 0 Å². The maximum Gasteiger partial charge on any atom is 0.412 e. The van der Waals surface area contributed by atoms with Gasteiger partial charge in [-0.15, -0.1) is 0 Å². The van der Waals surface area contributed by atoms with Crippen LogP contribution in [-0.4, -0.2) is 130 Å². The molecule has 5 aromatic rings. The number of ether oxygens (including phenoxy) is 14. The second-order valence-electron chi connectivity index (χ2n) is 23.7. The number of amides is 1. The lowest BCUT2D eigenvalue weighted by Gasteiger charge is -2.53. The number of benzene rings is 5. The molecule has 468 valence electrons. The molecule has 22 heteroatoms. The Hall–Kier alpha value is -6.53. The van der Waals surface area contributed by atoms with E-state index < -0.39 is 105 Å². The van der Waals surface area contributed by atoms with Crippen molar-refractivity contribution in [1.29, 1.82) is 0 Å². The topological polar surface area (TPSA) is 247 Å². The molecule has 6 aliphatic rings. The van der Waals surface area contributed by atoms with Crippen molar-refractivity contribution < 1.29 is 71.1 Å². The zero-order valence-electron chi connectivity index (χ0n) is 50.3. The highest BCUT2D eigenvalue weighted by molar-refractivity contribution is 5.67. The zero-order chi connectivity index (χ0) is 61.1. The number of nitrogens with zero attached hydrogens (tertiary/aromatic N) is 7. The highest BCUT2D eigenvalue weighted by Crippen LogP contribution is 2.45. The largest absolute Gasteiger partial charge is 0.444 e. The van der Waals surface area contributed by atoms with Crippen LogP contribution >= 0.6 is 0 Å². The summed E-state index contributed by atoms with van der Waals surface area (Å²) in [5.74, 6) is -1.24. The maximum atomic E-state index is 13.9. The van der Waals surface area contributed by atoms with Crippen LogP contribution in [0.5, 0.6) is 0 Å². The van der Waals surface area contributed by atoms with E-state index >= 15 is 0 Å². The van der Waals surface area contributed by atoms with E-state index in [9.17, 15) is 15.9 Å². The molecular formula is C66H79N7O15. The summed E-state index contributed by atoms with van der Waals surface area (Å²) < 4.78 is 93.3. The predicted octanol–water partition coefficient (Wildman–Crippen LogP) is 11.9. The lowest BCUT2D eigenvalue weighted by atomic mass is 9.83. The standard InChI is InChI=1S/C66H79N7O15/c1-39-41(3)60(79-38-73(32-45-22-12-7-13-23-45)66(74)78-34-47-26-16-9-17-27-47)81-50(35-75-33-46-24-14-8-15-25-46)55(39)85-65-54(70-72-68)59(58-52(83-65)37-77-63(87-58)49-30-20-11-21-31-49)88-64-53(69-71-67)57(43(5)44(6)80-64)86-61-42(4)40(2)56-51(82-61)36-76-62(84-56)48-28-18-10-19-29-48/h7-31,39-44,50-65H,32-38H2,1-6H3/t39?,40-,41?,42?,43-,44?,50?,51?,52?,53?,54?,55?,56+,57+,58?,59?,60?,61+,62?,63?,64+,65?/m1/s1. The lowest BCUT2D eigenvalue weighted by molar-refractivity contribution is -0.384. The molecular weight excluding hydrogens is 1130 g/mol. The van der Waals surface area contributed by atoms with Gasteiger partial charge in [0.05, 0.1) is 57.4 Å². The average molecular weight is 1210 g/mol. The molecule has 22 atom stereocenters. The molecule has 22 nitrogen and oxygen atoms in total. The molecule has 6 heterocycles. The monoisotopic (exact) mass is 1210 g/mol. The van der Waals surface area contributed by atoms with Gasteiger partial charge < -0.3 is 66.3 Å². The molecule has 0 saturated carbocycles. The lowest BCUT2D eigenvalue weighted by Crippen LogP contribution is -2.66. The van der Waals surface area contributed by atoms with Crippen molar-refractivity contribution in [2.75, 3.05) is 26.6 Å². The molecule has 6 saturated heterocycles. The van der Waals surface area contributed by atoms with E-state index in [4.69, 9.17) is 66.3 Å². The fraction of sp³-hybridized carbons (Fsp3) is 0.530. The highest BCUT2D eigenvalue weighted by Gasteiger charge is 2.57. The van der Waals surface area contributed by atoms with E-state index in [0.717, 1.165) is 27.8 Å². The molecule has 0 radical (unpaired) electrons. The van der Waals surface area contributed by atoms with Crippen LogP contribution in [0.25, 0.3) is 20.9 Å². The third-order valence-corrected chi connectivity index (χ3v) is 18.0. The van der Waals surface area contributed by atoms with Gasteiger partial charge in [0.15, 0.2) is 37.7 Å². The number of carbonyl (C=O) groups is 1. The van der Waals surface area contributed by atoms with Gasteiger partial charge >= 0.3 is 6.09 Å². The minimum Gasteiger partial charge on any atom is -0.444 e. The smallest absolute Gasteiger partial charge is 0.412 e. The number of azide groups is 2. The Balaban J connectivity index is 0.853. The van der Waals surface area contributed by atoms with E-state index in [1.807, 2.05) is 179 Å². The summed E-state index contributed by atoms with van der Waals surface area (Å²) in [6.07, 6.45) is -12.8. The Morgan fingerprint density at radius 2 is 1.00 bits per heavy atom. The van der Waals surface area contributed by atoms with Crippen molar-refractivity contribution >= 4 is 6.09 Å². The maximum absolute atomic E-state index is 13.9. The second-order valence-corrected chi connectivity index (χ2v) is 23.7. The van der Waals surface area contributed by atoms with E-state index in [0.29, 0.717) is 0 Å². The van der Waals surface area contributed by atoms with Gasteiger partial charge in [0.2, 0.25) is 0 Å². The molecule has 0 aliphatic carbocycles. The SMILES string of the molecule is CC1C(OCN(Cc2ccccc2)C(=O)OCc2ccccc2)OC(COCc2ccccc2)C(OC2OC3COC(c4ccccc4)OC3C(O[C@@H]3OC(C)[C@@H](C)[C@H](O[C@@H]4OC5COC(c6ccccc6)O[C@H]5[C@H](C)C4C)C3N=[N+]=[N-])C2N=[N+]=[N-])C1C. The first-order valence-corrected chi connectivity index (χ1v) is 30.5. The number of fused-ring (bicyclic) bond motifs is 2. The van der Waals surface area contributed by atoms with Crippen LogP contribution in [0.4, 0.5) is 4.79 Å². The minimum absolute atomic E-state index is 0.0219. The van der Waals surface area contributed by atoms with Gasteiger partial charge in [0, 0.05) is 38.7 Å². The van der Waals surface area contributed by atoms with Crippen molar-refractivity contribution in [3.8, 4) is 0 Å². The summed E-state index contributed by atoms with van der Waals surface area (Å²) in [5, 5.41) is 8.73. The summed E-state index contributed by atoms with van der Waals surface area (Å²) in [6.45, 7) is 12.8. The van der Waals surface area contributed by atoms with Gasteiger partial charge in [0.25, 0.3) is 0 Å². The first kappa shape index (κ1) is 63.1. The van der Waals surface area contributed by atoms with E-state index in [-0.39, 0.29) is 82.0 Å². The van der Waals surface area contributed by atoms with Crippen LogP contribution in [0.15, 0.2) is 162 Å². The van der Waals surface area contributed by atoms with Gasteiger partial charge in [-0.05, 0) is 46.5 Å². The Kier molecular flexibility index (Phi) is 21.4. The van der Waals surface area contributed by atoms with E-state index in [1.165, 1.54) is 4.90 Å². The van der Waals surface area contributed by atoms with Crippen LogP contribution in [0.1, 0.15) is 81.9 Å². The quantitative estimate of drug-likeness (QED) is 0.0287. The first-order valence-electron chi connectivity index (χ1n) is 30.5. The summed E-state index contributed by atoms with van der Waals surface area (Å²) in [6, 6.07) is 45.7. The number of carbonyl (C=O) groups excluding carboxylic acids is 1. The Labute approximate surface area is 513 Å². The van der Waals surface area contributed by atoms with E-state index in [1.54, 1.807) is 0 Å². The van der Waals surface area contributed by atoms with Crippen molar-refractivity contribution in [1.82, 2.24) is 4.90 Å². The highest BCUT2D eigenvalue weighted by atomic mass is 16.8. The molecule has 11 rings (SSSR count). The normalized spacial score (nSPS) is 35.4. The summed E-state index contributed by atoms with van der Waals surface area (Å²) >= 11 is 0. The third kappa shape index (κ3) is 14.9. The van der Waals surface area contributed by atoms with Gasteiger partial charge in [0.1, 0.15) is 55.9 Å². The Morgan fingerprint density at radius 3 is 1.60 bits per heavy atom.